The summed E-state index contributed by atoms with van der Waals surface area (Å²) in [6.07, 6.45) is 0.150. The predicted octanol–water partition coefficient (Wildman–Crippen LogP) is 5.05. The number of benzene rings is 3. The van der Waals surface area contributed by atoms with Crippen molar-refractivity contribution in [3.63, 3.8) is 0 Å². The minimum atomic E-state index is -0.804. The fraction of sp³-hybridized carbons (Fsp3) is 0.160. The van der Waals surface area contributed by atoms with Crippen molar-refractivity contribution >= 4 is 29.3 Å². The topological polar surface area (TPSA) is 93.7 Å². The highest BCUT2D eigenvalue weighted by Gasteiger charge is 2.12. The first kappa shape index (κ1) is 22.6. The number of carbonyl (C=O) groups excluding carboxylic acids is 3. The molecule has 0 aliphatic heterocycles. The lowest BCUT2D eigenvalue weighted by molar-refractivity contribution is -0.116. The van der Waals surface area contributed by atoms with Gasteiger partial charge in [0, 0.05) is 12.0 Å². The van der Waals surface area contributed by atoms with Crippen LogP contribution in [-0.2, 0) is 16.0 Å². The van der Waals surface area contributed by atoms with Gasteiger partial charge in [0.05, 0.1) is 18.0 Å². The average Bonchev–Trinajstić information content (AvgIpc) is 2.80. The Morgan fingerprint density at radius 3 is 2.06 bits per heavy atom. The van der Waals surface area contributed by atoms with Crippen LogP contribution in [0.4, 0.5) is 16.2 Å². The van der Waals surface area contributed by atoms with Crippen LogP contribution in [0.15, 0.2) is 78.9 Å². The zero-order chi connectivity index (χ0) is 22.8. The molecule has 3 rings (SSSR count). The van der Waals surface area contributed by atoms with Gasteiger partial charge in [-0.05, 0) is 55.3 Å². The fourth-order valence-electron chi connectivity index (χ4n) is 2.93. The van der Waals surface area contributed by atoms with Crippen LogP contribution in [0.5, 0.6) is 5.75 Å². The summed E-state index contributed by atoms with van der Waals surface area (Å²) in [5.74, 6) is -0.235. The van der Waals surface area contributed by atoms with E-state index in [-0.39, 0.29) is 24.2 Å². The minimum absolute atomic E-state index is 0.143. The van der Waals surface area contributed by atoms with Crippen LogP contribution in [0, 0.1) is 0 Å². The van der Waals surface area contributed by atoms with Crippen LogP contribution in [0.1, 0.15) is 29.3 Å². The van der Waals surface area contributed by atoms with E-state index in [2.05, 4.69) is 10.6 Å². The van der Waals surface area contributed by atoms with E-state index in [1.54, 1.807) is 31.2 Å². The molecule has 32 heavy (non-hydrogen) atoms. The highest BCUT2D eigenvalue weighted by molar-refractivity contribution is 6.07. The van der Waals surface area contributed by atoms with Crippen molar-refractivity contribution in [2.75, 3.05) is 17.2 Å². The first-order valence-electron chi connectivity index (χ1n) is 10.2. The molecule has 0 unspecified atom stereocenters. The van der Waals surface area contributed by atoms with Crippen molar-refractivity contribution in [1.29, 1.82) is 0 Å². The average molecular weight is 432 g/mol. The Morgan fingerprint density at radius 2 is 1.41 bits per heavy atom. The lowest BCUT2D eigenvalue weighted by Crippen LogP contribution is -2.17. The molecule has 0 radical (unpaired) electrons. The van der Waals surface area contributed by atoms with E-state index in [1.165, 1.54) is 24.3 Å². The van der Waals surface area contributed by atoms with Crippen LogP contribution in [0.25, 0.3) is 0 Å². The van der Waals surface area contributed by atoms with Gasteiger partial charge in [-0.1, -0.05) is 42.5 Å². The number of carbonyl (C=O) groups is 3. The normalized spacial score (nSPS) is 10.2. The van der Waals surface area contributed by atoms with Gasteiger partial charge in [0.2, 0.25) is 5.91 Å². The first-order valence-corrected chi connectivity index (χ1v) is 10.2. The first-order chi connectivity index (χ1) is 15.5. The number of amides is 2. The maximum absolute atomic E-state index is 12.6. The molecule has 7 nitrogen and oxygen atoms in total. The largest absolute Gasteiger partial charge is 0.513 e. The van der Waals surface area contributed by atoms with Gasteiger partial charge >= 0.3 is 6.16 Å². The molecule has 0 aromatic heterocycles. The zero-order valence-electron chi connectivity index (χ0n) is 17.7. The van der Waals surface area contributed by atoms with Crippen molar-refractivity contribution in [2.45, 2.75) is 19.8 Å². The van der Waals surface area contributed by atoms with Gasteiger partial charge in [-0.2, -0.15) is 0 Å². The molecule has 0 heterocycles. The molecule has 164 valence electrons. The summed E-state index contributed by atoms with van der Waals surface area (Å²) in [5, 5.41) is 5.66. The van der Waals surface area contributed by atoms with Crippen LogP contribution < -0.4 is 15.4 Å². The van der Waals surface area contributed by atoms with E-state index in [1.807, 2.05) is 30.3 Å². The molecule has 0 aliphatic rings. The Balaban J connectivity index is 1.59. The molecule has 2 N–H and O–H groups in total. The third-order valence-electron chi connectivity index (χ3n) is 4.51. The molecule has 0 spiro atoms. The lowest BCUT2D eigenvalue weighted by atomic mass is 10.1. The van der Waals surface area contributed by atoms with E-state index >= 15 is 0 Å². The number of anilines is 2. The Kier molecular flexibility index (Phi) is 7.97. The van der Waals surface area contributed by atoms with Crippen molar-refractivity contribution in [2.24, 2.45) is 0 Å². The number of hydrogen-bond donors (Lipinski definition) is 2. The Bertz CT molecular complexity index is 1070. The van der Waals surface area contributed by atoms with E-state index in [9.17, 15) is 14.4 Å². The second kappa shape index (κ2) is 11.3. The third kappa shape index (κ3) is 6.70. The van der Waals surface area contributed by atoms with Crippen molar-refractivity contribution in [3.8, 4) is 5.75 Å². The lowest BCUT2D eigenvalue weighted by Gasteiger charge is -2.12. The molecule has 0 bridgehead atoms. The van der Waals surface area contributed by atoms with E-state index < -0.39 is 6.16 Å². The highest BCUT2D eigenvalue weighted by atomic mass is 16.7. The number of para-hydroxylation sites is 2. The number of rotatable bonds is 8. The molecule has 2 amide bonds. The molecule has 0 atom stereocenters. The molecule has 0 aliphatic carbocycles. The summed E-state index contributed by atoms with van der Waals surface area (Å²) < 4.78 is 9.70. The summed E-state index contributed by atoms with van der Waals surface area (Å²) in [6, 6.07) is 22.8. The Hall–Kier alpha value is -4.13. The molecule has 3 aromatic rings. The van der Waals surface area contributed by atoms with Crippen molar-refractivity contribution in [3.05, 3.63) is 90.0 Å². The Labute approximate surface area is 186 Å². The molecular formula is C25H24N2O5. The third-order valence-corrected chi connectivity index (χ3v) is 4.51. The van der Waals surface area contributed by atoms with Gasteiger partial charge < -0.3 is 20.1 Å². The Morgan fingerprint density at radius 1 is 0.781 bits per heavy atom. The van der Waals surface area contributed by atoms with Gasteiger partial charge in [-0.3, -0.25) is 9.59 Å². The van der Waals surface area contributed by atoms with E-state index in [4.69, 9.17) is 9.47 Å². The summed E-state index contributed by atoms with van der Waals surface area (Å²) in [4.78, 5) is 36.4. The summed E-state index contributed by atoms with van der Waals surface area (Å²) in [7, 11) is 0. The van der Waals surface area contributed by atoms with E-state index in [0.29, 0.717) is 29.8 Å². The van der Waals surface area contributed by atoms with Crippen LogP contribution >= 0.6 is 0 Å². The van der Waals surface area contributed by atoms with Crippen LogP contribution in [-0.4, -0.2) is 24.6 Å². The van der Waals surface area contributed by atoms with Gasteiger partial charge in [0.1, 0.15) is 5.75 Å². The van der Waals surface area contributed by atoms with Gasteiger partial charge in [0.25, 0.3) is 5.91 Å². The molecule has 3 aromatic carbocycles. The number of hydrogen-bond acceptors (Lipinski definition) is 5. The summed E-state index contributed by atoms with van der Waals surface area (Å²) >= 11 is 0. The smallest absolute Gasteiger partial charge is 0.434 e. The fourth-order valence-corrected chi connectivity index (χ4v) is 2.93. The maximum atomic E-state index is 12.6. The van der Waals surface area contributed by atoms with E-state index in [0.717, 1.165) is 5.56 Å². The maximum Gasteiger partial charge on any atom is 0.513 e. The quantitative estimate of drug-likeness (QED) is 0.384. The zero-order valence-corrected chi connectivity index (χ0v) is 17.7. The molecule has 0 fully saturated rings. The minimum Gasteiger partial charge on any atom is -0.434 e. The number of aryl methyl sites for hydroxylation is 1. The molecule has 7 heteroatoms. The van der Waals surface area contributed by atoms with Crippen LogP contribution in [0.2, 0.25) is 0 Å². The number of ether oxygens (including phenoxy) is 2. The molecule has 0 saturated carbocycles. The van der Waals surface area contributed by atoms with Crippen molar-refractivity contribution < 1.29 is 23.9 Å². The van der Waals surface area contributed by atoms with Crippen molar-refractivity contribution in [1.82, 2.24) is 0 Å². The van der Waals surface area contributed by atoms with Gasteiger partial charge in [0.15, 0.2) is 0 Å². The SMILES string of the molecule is CCOC(=O)Oc1ccc(C(=O)Nc2ccccc2NC(=O)CCc2ccccc2)cc1. The second-order valence-electron chi connectivity index (χ2n) is 6.84. The standard InChI is InChI=1S/C25H24N2O5/c1-2-31-25(30)32-20-15-13-19(14-16-20)24(29)27-22-11-7-6-10-21(22)26-23(28)17-12-18-8-4-3-5-9-18/h3-11,13-16H,2,12,17H2,1H3,(H,26,28)(H,27,29). The predicted molar refractivity (Wildman–Crippen MR) is 122 cm³/mol. The molecule has 0 saturated heterocycles. The van der Waals surface area contributed by atoms with Crippen LogP contribution in [0.3, 0.4) is 0 Å². The van der Waals surface area contributed by atoms with Gasteiger partial charge in [-0.15, -0.1) is 0 Å². The van der Waals surface area contributed by atoms with Gasteiger partial charge in [-0.25, -0.2) is 4.79 Å². The summed E-state index contributed by atoms with van der Waals surface area (Å²) in [6.45, 7) is 1.89. The second-order valence-corrected chi connectivity index (χ2v) is 6.84. The number of nitrogens with one attached hydrogen (secondary N) is 2. The molecular weight excluding hydrogens is 408 g/mol. The summed E-state index contributed by atoms with van der Waals surface area (Å²) in [5.41, 5.74) is 2.45. The highest BCUT2D eigenvalue weighted by Crippen LogP contribution is 2.23. The monoisotopic (exact) mass is 432 g/mol.